The van der Waals surface area contributed by atoms with E-state index in [-0.39, 0.29) is 24.0 Å². The topological polar surface area (TPSA) is 71.7 Å². The van der Waals surface area contributed by atoms with Crippen molar-refractivity contribution in [2.45, 2.75) is 53.0 Å². The van der Waals surface area contributed by atoms with Gasteiger partial charge in [-0.15, -0.1) is 24.0 Å². The molecule has 0 aromatic carbocycles. The molecule has 24 heavy (non-hydrogen) atoms. The van der Waals surface area contributed by atoms with Gasteiger partial charge in [-0.05, 0) is 18.8 Å². The van der Waals surface area contributed by atoms with Gasteiger partial charge in [0.2, 0.25) is 0 Å². The summed E-state index contributed by atoms with van der Waals surface area (Å²) in [5.74, 6) is 2.59. The highest BCUT2D eigenvalue weighted by Crippen LogP contribution is 2.22. The van der Waals surface area contributed by atoms with Crippen LogP contribution < -0.4 is 10.6 Å². The second-order valence-electron chi connectivity index (χ2n) is 6.05. The van der Waals surface area contributed by atoms with E-state index in [0.717, 1.165) is 43.4 Å². The lowest BCUT2D eigenvalue weighted by Gasteiger charge is -2.11. The van der Waals surface area contributed by atoms with E-state index < -0.39 is 0 Å². The molecule has 1 rings (SSSR count). The number of hydrogen-bond donors (Lipinski definition) is 2. The summed E-state index contributed by atoms with van der Waals surface area (Å²) in [6.07, 6.45) is 2.16. The van der Waals surface area contributed by atoms with Gasteiger partial charge in [0.25, 0.3) is 0 Å². The summed E-state index contributed by atoms with van der Waals surface area (Å²) in [5, 5.41) is 10.6. The van der Waals surface area contributed by atoms with Gasteiger partial charge in [0.1, 0.15) is 0 Å². The molecule has 0 unspecified atom stereocenters. The molecule has 1 heterocycles. The first-order valence-corrected chi connectivity index (χ1v) is 8.58. The third-order valence-corrected chi connectivity index (χ3v) is 3.62. The van der Waals surface area contributed by atoms with Gasteiger partial charge >= 0.3 is 0 Å². The van der Waals surface area contributed by atoms with Gasteiger partial charge in [-0.1, -0.05) is 32.9 Å². The third-order valence-electron chi connectivity index (χ3n) is 3.62. The Bertz CT molecular complexity index is 459. The molecular formula is C17H33IN4O2. The molecule has 0 fully saturated rings. The minimum atomic E-state index is 0. The van der Waals surface area contributed by atoms with E-state index in [9.17, 15) is 0 Å². The first-order valence-electron chi connectivity index (χ1n) is 8.58. The van der Waals surface area contributed by atoms with E-state index in [2.05, 4.69) is 48.5 Å². The molecule has 0 radical (unpaired) electrons. The number of halogens is 1. The molecule has 1 aromatic heterocycles. The molecule has 0 aliphatic rings. The number of ether oxygens (including phenoxy) is 1. The highest BCUT2D eigenvalue weighted by atomic mass is 127. The number of nitrogens with one attached hydrogen (secondary N) is 2. The maximum atomic E-state index is 5.53. The Morgan fingerprint density at radius 1 is 1.29 bits per heavy atom. The number of hydrogen-bond acceptors (Lipinski definition) is 4. The van der Waals surface area contributed by atoms with Crippen LogP contribution >= 0.6 is 24.0 Å². The van der Waals surface area contributed by atoms with Gasteiger partial charge in [0.05, 0.1) is 18.8 Å². The zero-order valence-corrected chi connectivity index (χ0v) is 17.9. The number of aliphatic imine (C=N–C) groups is 1. The van der Waals surface area contributed by atoms with Gasteiger partial charge in [-0.25, -0.2) is 0 Å². The summed E-state index contributed by atoms with van der Waals surface area (Å²) >= 11 is 0. The molecular weight excluding hydrogens is 419 g/mol. The molecule has 0 atom stereocenters. The summed E-state index contributed by atoms with van der Waals surface area (Å²) < 4.78 is 10.9. The van der Waals surface area contributed by atoms with Crippen LogP contribution in [0.4, 0.5) is 0 Å². The first kappa shape index (κ1) is 23.2. The summed E-state index contributed by atoms with van der Waals surface area (Å²) in [6.45, 7) is 11.4. The third kappa shape index (κ3) is 8.86. The Balaban J connectivity index is 0.00000529. The van der Waals surface area contributed by atoms with Crippen molar-refractivity contribution < 1.29 is 9.26 Å². The van der Waals surface area contributed by atoms with Gasteiger partial charge in [-0.2, -0.15) is 0 Å². The number of rotatable bonds is 10. The van der Waals surface area contributed by atoms with E-state index in [1.807, 2.05) is 6.07 Å². The molecule has 0 aliphatic heterocycles. The van der Waals surface area contributed by atoms with Crippen LogP contribution in [0.1, 0.15) is 57.9 Å². The quantitative estimate of drug-likeness (QED) is 0.246. The Hall–Kier alpha value is -0.830. The molecule has 0 saturated carbocycles. The SMILES string of the molecule is CCC(CC)c1cc(CNC(=NC)NCCOCC(C)C)on1.I. The Kier molecular flexibility index (Phi) is 13.0. The molecule has 140 valence electrons. The smallest absolute Gasteiger partial charge is 0.191 e. The van der Waals surface area contributed by atoms with E-state index in [1.165, 1.54) is 0 Å². The predicted molar refractivity (Wildman–Crippen MR) is 109 cm³/mol. The average molecular weight is 452 g/mol. The van der Waals surface area contributed by atoms with Crippen LogP contribution in [0, 0.1) is 5.92 Å². The van der Waals surface area contributed by atoms with Crippen LogP contribution in [0.15, 0.2) is 15.6 Å². The lowest BCUT2D eigenvalue weighted by atomic mass is 9.99. The van der Waals surface area contributed by atoms with Crippen LogP contribution in [-0.4, -0.2) is 37.9 Å². The Morgan fingerprint density at radius 3 is 2.58 bits per heavy atom. The Labute approximate surface area is 163 Å². The minimum absolute atomic E-state index is 0. The highest BCUT2D eigenvalue weighted by molar-refractivity contribution is 14.0. The fraction of sp³-hybridized carbons (Fsp3) is 0.765. The number of guanidine groups is 1. The fourth-order valence-electron chi connectivity index (χ4n) is 2.26. The molecule has 0 aliphatic carbocycles. The molecule has 0 bridgehead atoms. The number of aromatic nitrogens is 1. The van der Waals surface area contributed by atoms with E-state index in [4.69, 9.17) is 9.26 Å². The van der Waals surface area contributed by atoms with Gasteiger partial charge in [-0.3, -0.25) is 4.99 Å². The van der Waals surface area contributed by atoms with Crippen LogP contribution in [0.5, 0.6) is 0 Å². The molecule has 0 spiro atoms. The molecule has 6 nitrogen and oxygen atoms in total. The van der Waals surface area contributed by atoms with Crippen LogP contribution in [0.2, 0.25) is 0 Å². The Morgan fingerprint density at radius 2 is 2.00 bits per heavy atom. The molecule has 2 N–H and O–H groups in total. The fourth-order valence-corrected chi connectivity index (χ4v) is 2.26. The normalized spacial score (nSPS) is 11.7. The van der Waals surface area contributed by atoms with Crippen molar-refractivity contribution in [2.24, 2.45) is 10.9 Å². The molecule has 1 aromatic rings. The van der Waals surface area contributed by atoms with Gasteiger partial charge in [0.15, 0.2) is 11.7 Å². The van der Waals surface area contributed by atoms with Crippen LogP contribution in [0.25, 0.3) is 0 Å². The highest BCUT2D eigenvalue weighted by Gasteiger charge is 2.13. The van der Waals surface area contributed by atoms with E-state index >= 15 is 0 Å². The molecule has 0 saturated heterocycles. The van der Waals surface area contributed by atoms with Crippen molar-refractivity contribution in [1.29, 1.82) is 0 Å². The van der Waals surface area contributed by atoms with Crippen molar-refractivity contribution in [1.82, 2.24) is 15.8 Å². The largest absolute Gasteiger partial charge is 0.379 e. The zero-order chi connectivity index (χ0) is 17.1. The second kappa shape index (κ2) is 13.5. The lowest BCUT2D eigenvalue weighted by molar-refractivity contribution is 0.114. The standard InChI is InChI=1S/C17H32N4O2.HI/c1-6-14(7-2)16-10-15(23-21-16)11-20-17(18-5)19-8-9-22-12-13(3)4;/h10,13-14H,6-9,11-12H2,1-5H3,(H2,18,19,20);1H. The maximum Gasteiger partial charge on any atom is 0.191 e. The second-order valence-corrected chi connectivity index (χ2v) is 6.05. The monoisotopic (exact) mass is 452 g/mol. The van der Waals surface area contributed by atoms with Crippen LogP contribution in [0.3, 0.4) is 0 Å². The summed E-state index contributed by atoms with van der Waals surface area (Å²) in [7, 11) is 1.75. The zero-order valence-electron chi connectivity index (χ0n) is 15.6. The predicted octanol–water partition coefficient (Wildman–Crippen LogP) is 3.53. The summed E-state index contributed by atoms with van der Waals surface area (Å²) in [4.78, 5) is 4.19. The van der Waals surface area contributed by atoms with Crippen molar-refractivity contribution >= 4 is 29.9 Å². The summed E-state index contributed by atoms with van der Waals surface area (Å²) in [5.41, 5.74) is 1.04. The lowest BCUT2D eigenvalue weighted by Crippen LogP contribution is -2.38. The number of nitrogens with zero attached hydrogens (tertiary/aromatic N) is 2. The van der Waals surface area contributed by atoms with Crippen molar-refractivity contribution in [2.75, 3.05) is 26.8 Å². The van der Waals surface area contributed by atoms with Gasteiger partial charge in [0, 0.05) is 32.2 Å². The minimum Gasteiger partial charge on any atom is -0.379 e. The van der Waals surface area contributed by atoms with Crippen molar-refractivity contribution in [3.05, 3.63) is 17.5 Å². The van der Waals surface area contributed by atoms with Crippen molar-refractivity contribution in [3.63, 3.8) is 0 Å². The maximum absolute atomic E-state index is 5.53. The first-order chi connectivity index (χ1) is 11.1. The van der Waals surface area contributed by atoms with Gasteiger partial charge < -0.3 is 19.9 Å². The summed E-state index contributed by atoms with van der Waals surface area (Å²) in [6, 6.07) is 2.03. The van der Waals surface area contributed by atoms with Crippen molar-refractivity contribution in [3.8, 4) is 0 Å². The van der Waals surface area contributed by atoms with E-state index in [1.54, 1.807) is 7.05 Å². The molecule has 7 heteroatoms. The van der Waals surface area contributed by atoms with Crippen LogP contribution in [-0.2, 0) is 11.3 Å². The van der Waals surface area contributed by atoms with E-state index in [0.29, 0.717) is 25.0 Å². The molecule has 0 amide bonds. The average Bonchev–Trinajstić information content (AvgIpc) is 2.99.